The smallest absolute Gasteiger partial charge is 0.311 e. The number of aryl methyl sites for hydroxylation is 2. The van der Waals surface area contributed by atoms with Crippen LogP contribution >= 0.6 is 0 Å². The van der Waals surface area contributed by atoms with E-state index in [-0.39, 0.29) is 24.8 Å². The van der Waals surface area contributed by atoms with Crippen molar-refractivity contribution in [2.75, 3.05) is 0 Å². The van der Waals surface area contributed by atoms with Crippen LogP contribution in [0, 0.1) is 12.7 Å². The Morgan fingerprint density at radius 2 is 1.66 bits per heavy atom. The molecular formula is C22H19FN4O5. The molecule has 0 aliphatic carbocycles. The summed E-state index contributed by atoms with van der Waals surface area (Å²) in [6.07, 6.45) is 1.09. The molecule has 0 aliphatic heterocycles. The van der Waals surface area contributed by atoms with E-state index in [4.69, 9.17) is 18.5 Å². The Morgan fingerprint density at radius 3 is 2.38 bits per heavy atom. The summed E-state index contributed by atoms with van der Waals surface area (Å²) in [7, 11) is 0. The molecule has 0 radical (unpaired) electrons. The van der Waals surface area contributed by atoms with Crippen molar-refractivity contribution in [1.82, 2.24) is 20.3 Å². The Hall–Kier alpha value is -4.08. The lowest BCUT2D eigenvalue weighted by molar-refractivity contribution is -0.134. The van der Waals surface area contributed by atoms with Crippen molar-refractivity contribution in [2.45, 2.75) is 32.8 Å². The highest BCUT2D eigenvalue weighted by atomic mass is 19.1. The number of carbonyl (C=O) groups is 1. The van der Waals surface area contributed by atoms with Crippen LogP contribution in [0.15, 0.2) is 57.6 Å². The molecule has 164 valence electrons. The first-order valence-corrected chi connectivity index (χ1v) is 9.86. The summed E-state index contributed by atoms with van der Waals surface area (Å²) in [5.41, 5.74) is 0.653. The SMILES string of the molecule is Cc1noc(COc2ccc(OC(=O)CCCc3nc(-c4ccc(F)cc4)no3)cc2)n1. The molecule has 4 aromatic rings. The summed E-state index contributed by atoms with van der Waals surface area (Å²) in [5.74, 6) is 1.97. The number of hydrogen-bond donors (Lipinski definition) is 0. The van der Waals surface area contributed by atoms with E-state index in [0.29, 0.717) is 53.3 Å². The molecule has 0 atom stereocenters. The molecule has 2 aromatic carbocycles. The fraction of sp³-hybridized carbons (Fsp3) is 0.227. The number of nitrogens with zero attached hydrogens (tertiary/aromatic N) is 4. The van der Waals surface area contributed by atoms with E-state index < -0.39 is 0 Å². The number of carbonyl (C=O) groups excluding carboxylic acids is 1. The summed E-state index contributed by atoms with van der Waals surface area (Å²) in [5, 5.41) is 7.56. The fourth-order valence-corrected chi connectivity index (χ4v) is 2.79. The molecule has 4 rings (SSSR count). The number of esters is 1. The van der Waals surface area contributed by atoms with Gasteiger partial charge in [-0.25, -0.2) is 4.39 Å². The minimum Gasteiger partial charge on any atom is -0.484 e. The minimum atomic E-state index is -0.377. The van der Waals surface area contributed by atoms with Gasteiger partial charge in [-0.1, -0.05) is 10.3 Å². The van der Waals surface area contributed by atoms with Crippen molar-refractivity contribution in [3.63, 3.8) is 0 Å². The van der Waals surface area contributed by atoms with Crippen molar-refractivity contribution >= 4 is 5.97 Å². The minimum absolute atomic E-state index is 0.151. The Morgan fingerprint density at radius 1 is 0.938 bits per heavy atom. The quantitative estimate of drug-likeness (QED) is 0.282. The van der Waals surface area contributed by atoms with Crippen LogP contribution in [0.1, 0.15) is 30.4 Å². The van der Waals surface area contributed by atoms with Gasteiger partial charge in [0.1, 0.15) is 17.3 Å². The second-order valence-electron chi connectivity index (χ2n) is 6.84. The predicted octanol–water partition coefficient (Wildman–Crippen LogP) is 4.07. The summed E-state index contributed by atoms with van der Waals surface area (Å²) in [6.45, 7) is 1.88. The third-order valence-corrected chi connectivity index (χ3v) is 4.33. The first-order chi connectivity index (χ1) is 15.5. The molecule has 0 aliphatic rings. The van der Waals surface area contributed by atoms with E-state index in [1.54, 1.807) is 43.3 Å². The van der Waals surface area contributed by atoms with Crippen molar-refractivity contribution in [2.24, 2.45) is 0 Å². The van der Waals surface area contributed by atoms with Gasteiger partial charge in [0.2, 0.25) is 11.7 Å². The molecule has 0 N–H and O–H groups in total. The van der Waals surface area contributed by atoms with Crippen LogP contribution < -0.4 is 9.47 Å². The molecular weight excluding hydrogens is 419 g/mol. The van der Waals surface area contributed by atoms with E-state index in [1.807, 2.05) is 0 Å². The predicted molar refractivity (Wildman–Crippen MR) is 108 cm³/mol. The van der Waals surface area contributed by atoms with Crippen molar-refractivity contribution < 1.29 is 27.7 Å². The fourth-order valence-electron chi connectivity index (χ4n) is 2.79. The van der Waals surface area contributed by atoms with Crippen molar-refractivity contribution in [3.8, 4) is 22.9 Å². The highest BCUT2D eigenvalue weighted by Gasteiger charge is 2.11. The van der Waals surface area contributed by atoms with Gasteiger partial charge in [-0.05, 0) is 61.9 Å². The van der Waals surface area contributed by atoms with Gasteiger partial charge in [0.15, 0.2) is 12.4 Å². The summed E-state index contributed by atoms with van der Waals surface area (Å²) in [4.78, 5) is 20.4. The van der Waals surface area contributed by atoms with E-state index in [2.05, 4.69) is 20.3 Å². The lowest BCUT2D eigenvalue weighted by atomic mass is 10.2. The van der Waals surface area contributed by atoms with Crippen LogP contribution in [0.4, 0.5) is 4.39 Å². The van der Waals surface area contributed by atoms with Crippen LogP contribution in [0.5, 0.6) is 11.5 Å². The van der Waals surface area contributed by atoms with Gasteiger partial charge in [-0.15, -0.1) is 0 Å². The normalized spacial score (nSPS) is 10.8. The number of halogens is 1. The number of benzene rings is 2. The molecule has 0 fully saturated rings. The lowest BCUT2D eigenvalue weighted by Crippen LogP contribution is -2.08. The standard InChI is InChI=1S/C22H19FN4O5/c1-14-24-20(32-26-14)13-29-17-9-11-18(12-10-17)30-21(28)4-2-3-19-25-22(27-31-19)15-5-7-16(23)8-6-15/h5-12H,2-4,13H2,1H3. The second-order valence-corrected chi connectivity index (χ2v) is 6.84. The van der Waals surface area contributed by atoms with E-state index in [9.17, 15) is 9.18 Å². The van der Waals surface area contributed by atoms with Crippen LogP contribution in [0.2, 0.25) is 0 Å². The maximum atomic E-state index is 13.0. The summed E-state index contributed by atoms with van der Waals surface area (Å²) in [6, 6.07) is 12.4. The maximum Gasteiger partial charge on any atom is 0.311 e. The average molecular weight is 438 g/mol. The zero-order chi connectivity index (χ0) is 22.3. The monoisotopic (exact) mass is 438 g/mol. The van der Waals surface area contributed by atoms with Crippen LogP contribution in [-0.4, -0.2) is 26.3 Å². The zero-order valence-corrected chi connectivity index (χ0v) is 17.2. The lowest BCUT2D eigenvalue weighted by Gasteiger charge is -2.06. The van der Waals surface area contributed by atoms with E-state index >= 15 is 0 Å². The van der Waals surface area contributed by atoms with Gasteiger partial charge < -0.3 is 18.5 Å². The molecule has 2 heterocycles. The first-order valence-electron chi connectivity index (χ1n) is 9.86. The highest BCUT2D eigenvalue weighted by molar-refractivity contribution is 5.72. The molecule has 0 spiro atoms. The van der Waals surface area contributed by atoms with Gasteiger partial charge in [0, 0.05) is 18.4 Å². The third-order valence-electron chi connectivity index (χ3n) is 4.33. The Balaban J connectivity index is 1.20. The van der Waals surface area contributed by atoms with Gasteiger partial charge >= 0.3 is 5.97 Å². The molecule has 10 heteroatoms. The Bertz CT molecular complexity index is 1170. The number of hydrogen-bond acceptors (Lipinski definition) is 9. The van der Waals surface area contributed by atoms with Gasteiger partial charge in [-0.3, -0.25) is 4.79 Å². The highest BCUT2D eigenvalue weighted by Crippen LogP contribution is 2.20. The molecule has 2 aromatic heterocycles. The number of ether oxygens (including phenoxy) is 2. The average Bonchev–Trinajstić information content (AvgIpc) is 3.43. The third kappa shape index (κ3) is 5.75. The summed E-state index contributed by atoms with van der Waals surface area (Å²) >= 11 is 0. The second kappa shape index (κ2) is 9.82. The molecule has 32 heavy (non-hydrogen) atoms. The van der Waals surface area contributed by atoms with Crippen molar-refractivity contribution in [3.05, 3.63) is 72.0 Å². The molecule has 0 unspecified atom stereocenters. The van der Waals surface area contributed by atoms with Crippen molar-refractivity contribution in [1.29, 1.82) is 0 Å². The Kier molecular flexibility index (Phi) is 6.49. The topological polar surface area (TPSA) is 113 Å². The maximum absolute atomic E-state index is 13.0. The van der Waals surface area contributed by atoms with Gasteiger partial charge in [-0.2, -0.15) is 9.97 Å². The first kappa shape index (κ1) is 21.2. The Labute approximate surface area is 182 Å². The number of rotatable bonds is 9. The molecule has 0 bridgehead atoms. The number of aromatic nitrogens is 4. The van der Waals surface area contributed by atoms with Gasteiger partial charge in [0.25, 0.3) is 5.89 Å². The molecule has 0 amide bonds. The summed E-state index contributed by atoms with van der Waals surface area (Å²) < 4.78 is 34.0. The van der Waals surface area contributed by atoms with Gasteiger partial charge in [0.05, 0.1) is 0 Å². The van der Waals surface area contributed by atoms with Crippen LogP contribution in [-0.2, 0) is 17.8 Å². The van der Waals surface area contributed by atoms with E-state index in [1.165, 1.54) is 12.1 Å². The van der Waals surface area contributed by atoms with E-state index in [0.717, 1.165) is 0 Å². The van der Waals surface area contributed by atoms with Crippen LogP contribution in [0.3, 0.4) is 0 Å². The molecule has 9 nitrogen and oxygen atoms in total. The molecule has 0 saturated heterocycles. The molecule has 0 saturated carbocycles. The zero-order valence-electron chi connectivity index (χ0n) is 17.2. The largest absolute Gasteiger partial charge is 0.484 e. The van der Waals surface area contributed by atoms with Crippen LogP contribution in [0.25, 0.3) is 11.4 Å².